The monoisotopic (exact) mass is 372 g/mol. The molecule has 0 spiro atoms. The molecule has 0 radical (unpaired) electrons. The van der Waals surface area contributed by atoms with Crippen molar-refractivity contribution >= 4 is 28.9 Å². The number of non-ortho nitro benzene ring substituents is 1. The average molecular weight is 373 g/mol. The molecule has 0 N–H and O–H groups in total. The molecule has 0 aliphatic heterocycles. The zero-order valence-corrected chi connectivity index (χ0v) is 15.1. The predicted octanol–water partition coefficient (Wildman–Crippen LogP) is 5.11. The normalized spacial score (nSPS) is 10.9. The fraction of sp³-hybridized carbons (Fsp3) is 0.211. The van der Waals surface area contributed by atoms with Crippen molar-refractivity contribution in [1.29, 1.82) is 5.26 Å². The summed E-state index contributed by atoms with van der Waals surface area (Å²) < 4.78 is 11.1. The van der Waals surface area contributed by atoms with Crippen molar-refractivity contribution in [3.8, 4) is 17.6 Å². The van der Waals surface area contributed by atoms with Crippen LogP contribution in [-0.4, -0.2) is 18.1 Å². The summed E-state index contributed by atoms with van der Waals surface area (Å²) in [6, 6.07) is 11.3. The third kappa shape index (κ3) is 4.52. The van der Waals surface area contributed by atoms with Gasteiger partial charge in [0, 0.05) is 18.2 Å². The largest absolute Gasteiger partial charge is 0.490 e. The summed E-state index contributed by atoms with van der Waals surface area (Å²) in [6.45, 7) is 4.61. The molecule has 2 aromatic carbocycles. The van der Waals surface area contributed by atoms with E-state index in [0.29, 0.717) is 40.9 Å². The maximum absolute atomic E-state index is 10.9. The lowest BCUT2D eigenvalue weighted by atomic mass is 10.0. The fourth-order valence-corrected chi connectivity index (χ4v) is 2.53. The SMILES string of the molecule is CCOc1cc(Cl)c(C=C(C#N)c2cccc([N+](=O)[O-])c2)cc1OCC. The van der Waals surface area contributed by atoms with Crippen LogP contribution in [-0.2, 0) is 0 Å². The highest BCUT2D eigenvalue weighted by molar-refractivity contribution is 6.32. The van der Waals surface area contributed by atoms with Crippen LogP contribution in [0.4, 0.5) is 5.69 Å². The fourth-order valence-electron chi connectivity index (χ4n) is 2.32. The molecular formula is C19H17ClN2O4. The van der Waals surface area contributed by atoms with Gasteiger partial charge in [-0.1, -0.05) is 23.7 Å². The number of nitro benzene ring substituents is 1. The Kier molecular flexibility index (Phi) is 6.59. The van der Waals surface area contributed by atoms with Crippen LogP contribution in [0.2, 0.25) is 5.02 Å². The Hall–Kier alpha value is -3.04. The van der Waals surface area contributed by atoms with E-state index in [9.17, 15) is 15.4 Å². The Labute approximate surface area is 156 Å². The van der Waals surface area contributed by atoms with E-state index in [-0.39, 0.29) is 11.3 Å². The van der Waals surface area contributed by atoms with Crippen LogP contribution in [0.25, 0.3) is 11.6 Å². The van der Waals surface area contributed by atoms with Crippen molar-refractivity contribution in [2.24, 2.45) is 0 Å². The summed E-state index contributed by atoms with van der Waals surface area (Å²) in [5, 5.41) is 20.8. The predicted molar refractivity (Wildman–Crippen MR) is 100 cm³/mol. The van der Waals surface area contributed by atoms with E-state index in [0.717, 1.165) is 0 Å². The van der Waals surface area contributed by atoms with Crippen LogP contribution in [0, 0.1) is 21.4 Å². The van der Waals surface area contributed by atoms with E-state index in [1.165, 1.54) is 18.2 Å². The van der Waals surface area contributed by atoms with Gasteiger partial charge in [0.15, 0.2) is 11.5 Å². The molecule has 0 saturated carbocycles. The quantitative estimate of drug-likeness (QED) is 0.292. The Morgan fingerprint density at radius 2 is 1.88 bits per heavy atom. The van der Waals surface area contributed by atoms with Crippen LogP contribution in [0.3, 0.4) is 0 Å². The topological polar surface area (TPSA) is 85.4 Å². The Balaban J connectivity index is 2.52. The van der Waals surface area contributed by atoms with Gasteiger partial charge in [0.1, 0.15) is 0 Å². The summed E-state index contributed by atoms with van der Waals surface area (Å²) >= 11 is 6.31. The lowest BCUT2D eigenvalue weighted by Gasteiger charge is -2.13. The number of halogens is 1. The van der Waals surface area contributed by atoms with Crippen LogP contribution < -0.4 is 9.47 Å². The minimum absolute atomic E-state index is 0.0866. The summed E-state index contributed by atoms with van der Waals surface area (Å²) in [4.78, 5) is 10.4. The Bertz CT molecular complexity index is 888. The van der Waals surface area contributed by atoms with E-state index in [2.05, 4.69) is 6.07 Å². The second-order valence-electron chi connectivity index (χ2n) is 5.16. The second kappa shape index (κ2) is 8.88. The van der Waals surface area contributed by atoms with Gasteiger partial charge in [0.25, 0.3) is 5.69 Å². The molecular weight excluding hydrogens is 356 g/mol. The van der Waals surface area contributed by atoms with E-state index < -0.39 is 4.92 Å². The van der Waals surface area contributed by atoms with Crippen molar-refractivity contribution in [3.05, 3.63) is 62.7 Å². The van der Waals surface area contributed by atoms with Crippen molar-refractivity contribution in [3.63, 3.8) is 0 Å². The van der Waals surface area contributed by atoms with Crippen LogP contribution in [0.15, 0.2) is 36.4 Å². The number of benzene rings is 2. The van der Waals surface area contributed by atoms with E-state index in [1.54, 1.807) is 24.3 Å². The maximum Gasteiger partial charge on any atom is 0.270 e. The molecule has 0 fully saturated rings. The van der Waals surface area contributed by atoms with Gasteiger partial charge in [-0.3, -0.25) is 10.1 Å². The molecule has 0 heterocycles. The molecule has 0 amide bonds. The smallest absolute Gasteiger partial charge is 0.270 e. The number of nitrogens with zero attached hydrogens (tertiary/aromatic N) is 2. The molecule has 0 saturated heterocycles. The van der Waals surface area contributed by atoms with Gasteiger partial charge in [-0.25, -0.2) is 0 Å². The van der Waals surface area contributed by atoms with E-state index >= 15 is 0 Å². The van der Waals surface area contributed by atoms with Gasteiger partial charge in [-0.2, -0.15) is 5.26 Å². The number of hydrogen-bond donors (Lipinski definition) is 0. The summed E-state index contributed by atoms with van der Waals surface area (Å²) in [5.41, 5.74) is 1.16. The van der Waals surface area contributed by atoms with E-state index in [1.807, 2.05) is 13.8 Å². The zero-order chi connectivity index (χ0) is 19.1. The first kappa shape index (κ1) is 19.3. The molecule has 0 aliphatic rings. The number of ether oxygens (including phenoxy) is 2. The number of hydrogen-bond acceptors (Lipinski definition) is 5. The minimum atomic E-state index is -0.504. The summed E-state index contributed by atoms with van der Waals surface area (Å²) in [5.74, 6) is 1.03. The zero-order valence-electron chi connectivity index (χ0n) is 14.4. The van der Waals surface area contributed by atoms with Gasteiger partial charge in [-0.05, 0) is 37.1 Å². The maximum atomic E-state index is 10.9. The summed E-state index contributed by atoms with van der Waals surface area (Å²) in [7, 11) is 0. The first-order chi connectivity index (χ1) is 12.5. The van der Waals surface area contributed by atoms with Gasteiger partial charge in [0.2, 0.25) is 0 Å². The molecule has 2 rings (SSSR count). The highest BCUT2D eigenvalue weighted by Gasteiger charge is 2.13. The highest BCUT2D eigenvalue weighted by atomic mass is 35.5. The Morgan fingerprint density at radius 3 is 2.46 bits per heavy atom. The first-order valence-electron chi connectivity index (χ1n) is 7.95. The minimum Gasteiger partial charge on any atom is -0.490 e. The molecule has 2 aromatic rings. The molecule has 0 aromatic heterocycles. The Morgan fingerprint density at radius 1 is 1.23 bits per heavy atom. The molecule has 0 unspecified atom stereocenters. The molecule has 6 nitrogen and oxygen atoms in total. The van der Waals surface area contributed by atoms with Crippen molar-refractivity contribution in [1.82, 2.24) is 0 Å². The van der Waals surface area contributed by atoms with Crippen molar-refractivity contribution in [2.75, 3.05) is 13.2 Å². The number of nitriles is 1. The van der Waals surface area contributed by atoms with Crippen molar-refractivity contribution in [2.45, 2.75) is 13.8 Å². The second-order valence-corrected chi connectivity index (χ2v) is 5.57. The third-order valence-corrected chi connectivity index (χ3v) is 3.78. The highest BCUT2D eigenvalue weighted by Crippen LogP contribution is 2.35. The molecule has 0 aliphatic carbocycles. The van der Waals surface area contributed by atoms with Gasteiger partial charge < -0.3 is 9.47 Å². The number of allylic oxidation sites excluding steroid dienone is 1. The van der Waals surface area contributed by atoms with Gasteiger partial charge in [0.05, 0.1) is 34.8 Å². The van der Waals surface area contributed by atoms with Gasteiger partial charge >= 0.3 is 0 Å². The number of nitro groups is 1. The van der Waals surface area contributed by atoms with Crippen LogP contribution >= 0.6 is 11.6 Å². The molecule has 7 heteroatoms. The molecule has 134 valence electrons. The van der Waals surface area contributed by atoms with E-state index in [4.69, 9.17) is 21.1 Å². The lowest BCUT2D eigenvalue weighted by Crippen LogP contribution is -1.99. The number of rotatable bonds is 7. The third-order valence-electron chi connectivity index (χ3n) is 3.45. The van der Waals surface area contributed by atoms with Crippen LogP contribution in [0.5, 0.6) is 11.5 Å². The van der Waals surface area contributed by atoms with Crippen molar-refractivity contribution < 1.29 is 14.4 Å². The first-order valence-corrected chi connectivity index (χ1v) is 8.33. The molecule has 0 bridgehead atoms. The average Bonchev–Trinajstić information content (AvgIpc) is 2.63. The molecule has 0 atom stereocenters. The van der Waals surface area contributed by atoms with Crippen LogP contribution in [0.1, 0.15) is 25.0 Å². The lowest BCUT2D eigenvalue weighted by molar-refractivity contribution is -0.384. The standard InChI is InChI=1S/C19H17ClN2O4/c1-3-25-18-10-14(17(20)11-19(18)26-4-2)8-15(12-21)13-6-5-7-16(9-13)22(23)24/h5-11H,3-4H2,1-2H3. The summed E-state index contributed by atoms with van der Waals surface area (Å²) in [6.07, 6.45) is 1.57. The van der Waals surface area contributed by atoms with Gasteiger partial charge in [-0.15, -0.1) is 0 Å². The molecule has 26 heavy (non-hydrogen) atoms.